The first-order valence-corrected chi connectivity index (χ1v) is 13.1. The normalized spacial score (nSPS) is 18.3. The molecule has 0 radical (unpaired) electrons. The van der Waals surface area contributed by atoms with Crippen LogP contribution in [0, 0.1) is 5.41 Å². The Bertz CT molecular complexity index is 1200. The van der Waals surface area contributed by atoms with Crippen LogP contribution in [-0.4, -0.2) is 67.4 Å². The zero-order valence-corrected chi connectivity index (χ0v) is 21.7. The quantitative estimate of drug-likeness (QED) is 0.391. The van der Waals surface area contributed by atoms with Gasteiger partial charge in [0.05, 0.1) is 11.4 Å². The van der Waals surface area contributed by atoms with E-state index in [9.17, 15) is 0 Å². The lowest BCUT2D eigenvalue weighted by Gasteiger charge is -2.54. The summed E-state index contributed by atoms with van der Waals surface area (Å²) >= 11 is 0. The van der Waals surface area contributed by atoms with Gasteiger partial charge in [-0.05, 0) is 61.7 Å². The third-order valence-electron chi connectivity index (χ3n) is 7.62. The van der Waals surface area contributed by atoms with Crippen LogP contribution in [0.5, 0.6) is 5.88 Å². The van der Waals surface area contributed by atoms with Crippen molar-refractivity contribution in [1.29, 1.82) is 0 Å². The Morgan fingerprint density at radius 3 is 2.43 bits per heavy atom. The number of hydrogen-bond donors (Lipinski definition) is 1. The van der Waals surface area contributed by atoms with Crippen LogP contribution >= 0.6 is 0 Å². The van der Waals surface area contributed by atoms with Crippen molar-refractivity contribution in [3.05, 3.63) is 78.9 Å². The Labute approximate surface area is 220 Å². The molecule has 1 aromatic heterocycles. The molecule has 4 heterocycles. The Morgan fingerprint density at radius 1 is 1.05 bits per heavy atom. The maximum Gasteiger partial charge on any atom is 0.238 e. The van der Waals surface area contributed by atoms with Crippen LogP contribution in [0.15, 0.2) is 73.3 Å². The summed E-state index contributed by atoms with van der Waals surface area (Å²) in [6.07, 6.45) is 4.53. The van der Waals surface area contributed by atoms with Crippen LogP contribution < -0.4 is 10.1 Å². The molecule has 37 heavy (non-hydrogen) atoms. The van der Waals surface area contributed by atoms with Crippen molar-refractivity contribution in [2.75, 3.05) is 51.7 Å². The highest BCUT2D eigenvalue weighted by molar-refractivity contribution is 5.84. The van der Waals surface area contributed by atoms with Crippen molar-refractivity contribution in [3.8, 4) is 28.3 Å². The molecule has 0 bridgehead atoms. The summed E-state index contributed by atoms with van der Waals surface area (Å²) < 4.78 is 5.85. The second kappa shape index (κ2) is 11.3. The summed E-state index contributed by atoms with van der Waals surface area (Å²) in [6, 6.07) is 21.7. The van der Waals surface area contributed by atoms with Crippen LogP contribution in [0.4, 0.5) is 5.69 Å². The Morgan fingerprint density at radius 2 is 1.76 bits per heavy atom. The molecule has 2 saturated heterocycles. The minimum Gasteiger partial charge on any atom is -0.474 e. The third-order valence-corrected chi connectivity index (χ3v) is 7.62. The predicted octanol–water partition coefficient (Wildman–Crippen LogP) is 5.12. The number of ether oxygens (including phenoxy) is 1. The molecule has 0 atom stereocenters. The van der Waals surface area contributed by atoms with Crippen molar-refractivity contribution in [1.82, 2.24) is 14.8 Å². The lowest BCUT2D eigenvalue weighted by atomic mass is 9.72. The average Bonchev–Trinajstić information content (AvgIpc) is 2.94. The number of likely N-dealkylation sites (tertiary alicyclic amines) is 2. The van der Waals surface area contributed by atoms with E-state index >= 15 is 0 Å². The number of hydrogen-bond acceptors (Lipinski definition) is 6. The van der Waals surface area contributed by atoms with Crippen LogP contribution in [-0.2, 0) is 11.3 Å². The van der Waals surface area contributed by atoms with Gasteiger partial charge in [0.15, 0.2) is 0 Å². The number of pyridine rings is 1. The van der Waals surface area contributed by atoms with Gasteiger partial charge in [0.25, 0.3) is 0 Å². The van der Waals surface area contributed by atoms with Gasteiger partial charge >= 0.3 is 0 Å². The van der Waals surface area contributed by atoms with Crippen LogP contribution in [0.2, 0.25) is 0 Å². The molecule has 6 rings (SSSR count). The van der Waals surface area contributed by atoms with E-state index in [0.29, 0.717) is 24.2 Å². The molecular weight excluding hydrogens is 460 g/mol. The van der Waals surface area contributed by atoms with Crippen LogP contribution in [0.25, 0.3) is 22.4 Å². The van der Waals surface area contributed by atoms with E-state index in [1.165, 1.54) is 56.2 Å². The first-order chi connectivity index (χ1) is 18.1. The zero-order chi connectivity index (χ0) is 25.7. The number of benzene rings is 2. The Kier molecular flexibility index (Phi) is 7.68. The second-order valence-corrected chi connectivity index (χ2v) is 10.4. The number of piperidine rings is 1. The number of rotatable bonds is 5. The topological polar surface area (TPSA) is 57.7 Å². The minimum atomic E-state index is 0.581. The van der Waals surface area contributed by atoms with E-state index in [1.807, 2.05) is 0 Å². The number of nitrogens with zero attached hydrogens (tertiary/aromatic N) is 3. The second-order valence-electron chi connectivity index (χ2n) is 10.4. The summed E-state index contributed by atoms with van der Waals surface area (Å²) in [5.41, 5.74) is 7.34. The van der Waals surface area contributed by atoms with Gasteiger partial charge in [-0.15, -0.1) is 0 Å². The predicted molar refractivity (Wildman–Crippen MR) is 150 cm³/mol. The highest BCUT2D eigenvalue weighted by Crippen LogP contribution is 2.41. The summed E-state index contributed by atoms with van der Waals surface area (Å²) in [6.45, 7) is 10.6. The molecule has 1 spiro atoms. The number of carbonyl (C=O) groups is 1. The molecule has 2 fully saturated rings. The third kappa shape index (κ3) is 5.76. The van der Waals surface area contributed by atoms with Gasteiger partial charge in [-0.25, -0.2) is 4.98 Å². The number of carbonyl (C=O) groups excluding carboxylic acids is 1. The monoisotopic (exact) mass is 496 g/mol. The van der Waals surface area contributed by atoms with E-state index in [2.05, 4.69) is 89.4 Å². The van der Waals surface area contributed by atoms with Crippen molar-refractivity contribution in [3.63, 3.8) is 0 Å². The van der Waals surface area contributed by atoms with Crippen LogP contribution in [0.3, 0.4) is 0 Å². The highest BCUT2D eigenvalue weighted by Gasteiger charge is 2.43. The summed E-state index contributed by atoms with van der Waals surface area (Å²) in [7, 11) is 2.24. The number of anilines is 1. The lowest BCUT2D eigenvalue weighted by Crippen LogP contribution is -2.59. The van der Waals surface area contributed by atoms with E-state index in [1.54, 1.807) is 0 Å². The lowest BCUT2D eigenvalue weighted by molar-refractivity contribution is -0.104. The van der Waals surface area contributed by atoms with E-state index in [0.717, 1.165) is 35.6 Å². The van der Waals surface area contributed by atoms with Crippen molar-refractivity contribution in [2.45, 2.75) is 19.4 Å². The molecule has 3 aromatic rings. The number of aldehydes is 1. The molecule has 3 aliphatic rings. The average molecular weight is 497 g/mol. The zero-order valence-electron chi connectivity index (χ0n) is 21.7. The number of nitrogens with one attached hydrogen (secondary N) is 1. The van der Waals surface area contributed by atoms with E-state index < -0.39 is 0 Å². The number of allylic oxidation sites excluding steroid dienone is 1. The smallest absolute Gasteiger partial charge is 0.238 e. The Balaban J connectivity index is 0.000000655. The molecule has 192 valence electrons. The fourth-order valence-electron chi connectivity index (χ4n) is 5.57. The fourth-order valence-corrected chi connectivity index (χ4v) is 5.57. The maximum absolute atomic E-state index is 9.06. The van der Waals surface area contributed by atoms with Gasteiger partial charge in [-0.1, -0.05) is 61.2 Å². The van der Waals surface area contributed by atoms with Crippen LogP contribution in [0.1, 0.15) is 18.4 Å². The first-order valence-electron chi connectivity index (χ1n) is 13.1. The van der Waals surface area contributed by atoms with Gasteiger partial charge in [0.2, 0.25) is 5.88 Å². The van der Waals surface area contributed by atoms with E-state index in [4.69, 9.17) is 14.5 Å². The summed E-state index contributed by atoms with van der Waals surface area (Å²) in [5.74, 6) is 0.698. The maximum atomic E-state index is 9.06. The molecule has 0 amide bonds. The molecule has 2 aromatic carbocycles. The molecule has 3 aliphatic heterocycles. The largest absolute Gasteiger partial charge is 0.474 e. The van der Waals surface area contributed by atoms with Gasteiger partial charge in [-0.3, -0.25) is 9.69 Å². The standard InChI is InChI=1S/C28H32N4O.C3H4O/c1-31-14-11-28(12-15-31)19-32(20-28)18-21-7-9-23(10-8-21)26-24(22-5-3-2-4-6-22)17-25-27(30-26)33-16-13-29-25;1-2-3-4/h2-10,17,29H,11-16,18-20H2,1H3;2-3H,1H2. The molecule has 6 nitrogen and oxygen atoms in total. The SMILES string of the molecule is C=CC=O.CN1CCC2(CC1)CN(Cc1ccc(-c3nc4c(cc3-c3ccccc3)NCCO4)cc1)C2. The van der Waals surface area contributed by atoms with Crippen molar-refractivity contribution in [2.24, 2.45) is 5.41 Å². The first kappa shape index (κ1) is 25.2. The summed E-state index contributed by atoms with van der Waals surface area (Å²) in [4.78, 5) is 19.1. The van der Waals surface area contributed by atoms with Gasteiger partial charge in [-0.2, -0.15) is 0 Å². The van der Waals surface area contributed by atoms with Gasteiger partial charge in [0.1, 0.15) is 12.9 Å². The summed E-state index contributed by atoms with van der Waals surface area (Å²) in [5, 5.41) is 3.43. The minimum absolute atomic E-state index is 0.581. The van der Waals surface area contributed by atoms with Gasteiger partial charge in [0, 0.05) is 37.3 Å². The van der Waals surface area contributed by atoms with Crippen molar-refractivity contribution >= 4 is 12.0 Å². The highest BCUT2D eigenvalue weighted by atomic mass is 16.5. The molecule has 0 aliphatic carbocycles. The fraction of sp³-hybridized carbons (Fsp3) is 0.355. The molecule has 6 heteroatoms. The Hall–Kier alpha value is -3.48. The van der Waals surface area contributed by atoms with Crippen molar-refractivity contribution < 1.29 is 9.53 Å². The van der Waals surface area contributed by atoms with Gasteiger partial charge < -0.3 is 15.0 Å². The molecule has 1 N–H and O–H groups in total. The number of aromatic nitrogens is 1. The van der Waals surface area contributed by atoms with E-state index in [-0.39, 0.29) is 0 Å². The molecule has 0 saturated carbocycles. The molecular formula is C31H36N4O2. The molecule has 0 unspecified atom stereocenters. The number of fused-ring (bicyclic) bond motifs is 1.